The molecule has 0 radical (unpaired) electrons. The Hall–Kier alpha value is -0.380. The molecule has 0 aliphatic heterocycles. The first-order valence-corrected chi connectivity index (χ1v) is 5.86. The Labute approximate surface area is 93.8 Å². The summed E-state index contributed by atoms with van der Waals surface area (Å²) in [6.07, 6.45) is 0. The van der Waals surface area contributed by atoms with Gasteiger partial charge in [0, 0.05) is 22.9 Å². The van der Waals surface area contributed by atoms with Crippen LogP contribution < -0.4 is 5.73 Å². The maximum Gasteiger partial charge on any atom is 0.0562 e. The van der Waals surface area contributed by atoms with E-state index in [1.54, 1.807) is 17.8 Å². The third-order valence-electron chi connectivity index (χ3n) is 1.65. The van der Waals surface area contributed by atoms with Crippen LogP contribution in [0, 0.1) is 0 Å². The van der Waals surface area contributed by atoms with Gasteiger partial charge in [-0.25, -0.2) is 0 Å². The van der Waals surface area contributed by atoms with Gasteiger partial charge in [-0.15, -0.1) is 11.8 Å². The molecule has 0 atom stereocenters. The molecule has 78 valence electrons. The van der Waals surface area contributed by atoms with Crippen LogP contribution in [0.2, 0.25) is 5.02 Å². The molecule has 0 fully saturated rings. The third kappa shape index (κ3) is 3.78. The summed E-state index contributed by atoms with van der Waals surface area (Å²) in [5.74, 6) is 0.914. The summed E-state index contributed by atoms with van der Waals surface area (Å²) in [5, 5.41) is 0.714. The highest BCUT2D eigenvalue weighted by molar-refractivity contribution is 7.99. The standard InChI is InChI=1S/C10H14ClNOS/c1-2-13-5-6-14-10-4-3-8(12)7-9(10)11/h3-4,7H,2,5-6,12H2,1H3. The average Bonchev–Trinajstić information content (AvgIpc) is 2.15. The first kappa shape index (κ1) is 11.7. The maximum atomic E-state index is 6.00. The minimum Gasteiger partial charge on any atom is -0.399 e. The summed E-state index contributed by atoms with van der Waals surface area (Å²) < 4.78 is 5.23. The summed E-state index contributed by atoms with van der Waals surface area (Å²) in [4.78, 5) is 1.06. The lowest BCUT2D eigenvalue weighted by molar-refractivity contribution is 0.164. The smallest absolute Gasteiger partial charge is 0.0562 e. The molecule has 0 aromatic heterocycles. The van der Waals surface area contributed by atoms with Crippen molar-refractivity contribution < 1.29 is 4.74 Å². The van der Waals surface area contributed by atoms with Crippen molar-refractivity contribution in [1.82, 2.24) is 0 Å². The van der Waals surface area contributed by atoms with Gasteiger partial charge in [0.2, 0.25) is 0 Å². The van der Waals surface area contributed by atoms with Gasteiger partial charge < -0.3 is 10.5 Å². The molecule has 0 saturated carbocycles. The molecule has 0 spiro atoms. The second-order valence-electron chi connectivity index (χ2n) is 2.74. The number of anilines is 1. The van der Waals surface area contributed by atoms with Crippen LogP contribution in [0.5, 0.6) is 0 Å². The molecular formula is C10H14ClNOS. The summed E-state index contributed by atoms with van der Waals surface area (Å²) in [6, 6.07) is 5.56. The van der Waals surface area contributed by atoms with E-state index in [1.165, 1.54) is 0 Å². The second-order valence-corrected chi connectivity index (χ2v) is 4.28. The first-order chi connectivity index (χ1) is 6.74. The van der Waals surface area contributed by atoms with E-state index in [1.807, 2.05) is 19.1 Å². The Morgan fingerprint density at radius 3 is 2.93 bits per heavy atom. The van der Waals surface area contributed by atoms with E-state index < -0.39 is 0 Å². The molecule has 0 heterocycles. The van der Waals surface area contributed by atoms with Crippen LogP contribution in [0.25, 0.3) is 0 Å². The molecule has 0 amide bonds. The Kier molecular flexibility index (Phi) is 5.15. The Morgan fingerprint density at radius 2 is 2.29 bits per heavy atom. The second kappa shape index (κ2) is 6.17. The number of halogens is 1. The molecule has 1 aromatic rings. The third-order valence-corrected chi connectivity index (χ3v) is 3.11. The highest BCUT2D eigenvalue weighted by atomic mass is 35.5. The van der Waals surface area contributed by atoms with Gasteiger partial charge in [0.25, 0.3) is 0 Å². The van der Waals surface area contributed by atoms with E-state index in [9.17, 15) is 0 Å². The van der Waals surface area contributed by atoms with Crippen molar-refractivity contribution in [3.05, 3.63) is 23.2 Å². The van der Waals surface area contributed by atoms with Crippen molar-refractivity contribution in [1.29, 1.82) is 0 Å². The molecule has 2 nitrogen and oxygen atoms in total. The van der Waals surface area contributed by atoms with Crippen molar-refractivity contribution in [2.24, 2.45) is 0 Å². The predicted molar refractivity (Wildman–Crippen MR) is 63.1 cm³/mol. The molecule has 0 saturated heterocycles. The van der Waals surface area contributed by atoms with Crippen LogP contribution in [0.3, 0.4) is 0 Å². The van der Waals surface area contributed by atoms with Gasteiger partial charge >= 0.3 is 0 Å². The lowest BCUT2D eigenvalue weighted by Crippen LogP contribution is -1.96. The average molecular weight is 232 g/mol. The van der Waals surface area contributed by atoms with Gasteiger partial charge in [-0.3, -0.25) is 0 Å². The highest BCUT2D eigenvalue weighted by Gasteiger charge is 2.00. The SMILES string of the molecule is CCOCCSc1ccc(N)cc1Cl. The van der Waals surface area contributed by atoms with Crippen molar-refractivity contribution in [2.45, 2.75) is 11.8 Å². The van der Waals surface area contributed by atoms with Crippen molar-refractivity contribution >= 4 is 29.1 Å². The summed E-state index contributed by atoms with van der Waals surface area (Å²) in [6.45, 7) is 3.50. The summed E-state index contributed by atoms with van der Waals surface area (Å²) in [5.41, 5.74) is 6.28. The van der Waals surface area contributed by atoms with E-state index in [4.69, 9.17) is 22.1 Å². The van der Waals surface area contributed by atoms with Gasteiger partial charge in [-0.05, 0) is 25.1 Å². The van der Waals surface area contributed by atoms with Gasteiger partial charge in [-0.2, -0.15) is 0 Å². The largest absolute Gasteiger partial charge is 0.399 e. The zero-order valence-electron chi connectivity index (χ0n) is 8.13. The fourth-order valence-corrected chi connectivity index (χ4v) is 2.12. The van der Waals surface area contributed by atoms with Gasteiger partial charge in [0.05, 0.1) is 11.6 Å². The molecule has 0 aliphatic rings. The number of hydrogen-bond acceptors (Lipinski definition) is 3. The maximum absolute atomic E-state index is 6.00. The minimum atomic E-state index is 0.698. The molecule has 1 rings (SSSR count). The fraction of sp³-hybridized carbons (Fsp3) is 0.400. The van der Waals surface area contributed by atoms with Gasteiger partial charge in [0.1, 0.15) is 0 Å². The van der Waals surface area contributed by atoms with Crippen LogP contribution in [-0.4, -0.2) is 19.0 Å². The molecular weight excluding hydrogens is 218 g/mol. The van der Waals surface area contributed by atoms with Gasteiger partial charge in [0.15, 0.2) is 0 Å². The van der Waals surface area contributed by atoms with Gasteiger partial charge in [-0.1, -0.05) is 11.6 Å². The quantitative estimate of drug-likeness (QED) is 0.481. The first-order valence-electron chi connectivity index (χ1n) is 4.49. The van der Waals surface area contributed by atoms with E-state index >= 15 is 0 Å². The number of ether oxygens (including phenoxy) is 1. The molecule has 1 aromatic carbocycles. The number of hydrogen-bond donors (Lipinski definition) is 1. The van der Waals surface area contributed by atoms with E-state index in [2.05, 4.69) is 0 Å². The van der Waals surface area contributed by atoms with E-state index in [-0.39, 0.29) is 0 Å². The zero-order valence-corrected chi connectivity index (χ0v) is 9.70. The molecule has 0 unspecified atom stereocenters. The Balaban J connectivity index is 2.42. The zero-order chi connectivity index (χ0) is 10.4. The van der Waals surface area contributed by atoms with Crippen LogP contribution in [0.15, 0.2) is 23.1 Å². The minimum absolute atomic E-state index is 0.698. The lowest BCUT2D eigenvalue weighted by atomic mass is 10.3. The topological polar surface area (TPSA) is 35.2 Å². The van der Waals surface area contributed by atoms with Crippen LogP contribution in [-0.2, 0) is 4.74 Å². The van der Waals surface area contributed by atoms with Crippen molar-refractivity contribution in [3.63, 3.8) is 0 Å². The summed E-state index contributed by atoms with van der Waals surface area (Å²) in [7, 11) is 0. The Morgan fingerprint density at radius 1 is 1.50 bits per heavy atom. The van der Waals surface area contributed by atoms with Crippen LogP contribution in [0.4, 0.5) is 5.69 Å². The monoisotopic (exact) mass is 231 g/mol. The highest BCUT2D eigenvalue weighted by Crippen LogP contribution is 2.28. The number of rotatable bonds is 5. The predicted octanol–water partition coefficient (Wildman–Crippen LogP) is 3.05. The molecule has 14 heavy (non-hydrogen) atoms. The molecule has 2 N–H and O–H groups in total. The number of nitrogens with two attached hydrogens (primary N) is 1. The number of nitrogen functional groups attached to an aromatic ring is 1. The van der Waals surface area contributed by atoms with Crippen molar-refractivity contribution in [2.75, 3.05) is 24.7 Å². The molecule has 0 bridgehead atoms. The summed E-state index contributed by atoms with van der Waals surface area (Å²) >= 11 is 7.68. The molecule has 0 aliphatic carbocycles. The lowest BCUT2D eigenvalue weighted by Gasteiger charge is -2.04. The van der Waals surface area contributed by atoms with E-state index in [0.717, 1.165) is 23.9 Å². The number of benzene rings is 1. The van der Waals surface area contributed by atoms with Crippen molar-refractivity contribution in [3.8, 4) is 0 Å². The van der Waals surface area contributed by atoms with Crippen LogP contribution >= 0.6 is 23.4 Å². The van der Waals surface area contributed by atoms with E-state index in [0.29, 0.717) is 10.7 Å². The number of thioether (sulfide) groups is 1. The molecule has 4 heteroatoms. The fourth-order valence-electron chi connectivity index (χ4n) is 0.989. The Bertz CT molecular complexity index is 293. The normalized spacial score (nSPS) is 10.4. The van der Waals surface area contributed by atoms with Crippen LogP contribution in [0.1, 0.15) is 6.92 Å².